The van der Waals surface area contributed by atoms with Gasteiger partial charge in [0.05, 0.1) is 31.1 Å². The number of aryl methyl sites for hydroxylation is 1. The van der Waals surface area contributed by atoms with Crippen molar-refractivity contribution in [2.24, 2.45) is 0 Å². The van der Waals surface area contributed by atoms with Crippen molar-refractivity contribution in [1.82, 2.24) is 4.90 Å². The quantitative estimate of drug-likeness (QED) is 0.0946. The molecule has 10 nitrogen and oxygen atoms in total. The molecule has 0 unspecified atom stereocenters. The maximum atomic E-state index is 13.8. The first-order valence-electron chi connectivity index (χ1n) is 16.5. The normalized spacial score (nSPS) is 15.2. The predicted molar refractivity (Wildman–Crippen MR) is 200 cm³/mol. The molecule has 0 saturated carbocycles. The molecular formula is C35H52N3O7PSi2. The Morgan fingerprint density at radius 3 is 2.23 bits per heavy atom. The van der Waals surface area contributed by atoms with Crippen molar-refractivity contribution in [2.75, 3.05) is 37.2 Å². The van der Waals surface area contributed by atoms with Crippen molar-refractivity contribution in [3.8, 4) is 0 Å². The molecule has 1 N–H and O–H groups in total. The number of furan rings is 1. The molecule has 48 heavy (non-hydrogen) atoms. The Kier molecular flexibility index (Phi) is 11.7. The fourth-order valence-corrected chi connectivity index (χ4v) is 7.97. The molecule has 0 aliphatic carbocycles. The predicted octanol–water partition coefficient (Wildman–Crippen LogP) is 8.74. The number of fused-ring (bicyclic) bond motifs is 2. The molecular weight excluding hydrogens is 662 g/mol. The second-order valence-corrected chi connectivity index (χ2v) is 28.3. The zero-order chi connectivity index (χ0) is 35.5. The average molecular weight is 714 g/mol. The molecule has 3 aromatic rings. The Balaban J connectivity index is 1.48. The number of carbonyl (C=O) groups excluding carboxylic acids is 2. The number of nitrogens with zero attached hydrogens (tertiary/aromatic N) is 2. The lowest BCUT2D eigenvalue weighted by Gasteiger charge is -2.40. The highest BCUT2D eigenvalue weighted by atomic mass is 31.2. The third-order valence-corrected chi connectivity index (χ3v) is 13.0. The number of nitrogens with one attached hydrogen (secondary N) is 1. The SMILES string of the molecule is Cc1c(CN(C)C(=O)/C=C/c2ccc3c(c2)NC(C)(C)C(=O)N3COP(=O)(OCC[Si](C)(C)C)OCC[Si](C)(C)C)oc2ccccc12. The number of hydrogen-bond acceptors (Lipinski definition) is 8. The van der Waals surface area contributed by atoms with Crippen LogP contribution in [0.5, 0.6) is 0 Å². The summed E-state index contributed by atoms with van der Waals surface area (Å²) in [6.07, 6.45) is 3.26. The van der Waals surface area contributed by atoms with Crippen molar-refractivity contribution in [1.29, 1.82) is 0 Å². The molecule has 1 aliphatic rings. The van der Waals surface area contributed by atoms with Crippen LogP contribution in [0, 0.1) is 6.92 Å². The van der Waals surface area contributed by atoms with E-state index in [2.05, 4.69) is 44.6 Å². The van der Waals surface area contributed by atoms with Gasteiger partial charge in [0.15, 0.2) is 0 Å². The van der Waals surface area contributed by atoms with E-state index in [4.69, 9.17) is 18.0 Å². The second-order valence-electron chi connectivity index (χ2n) is 15.4. The summed E-state index contributed by atoms with van der Waals surface area (Å²) in [7, 11) is -5.13. The number of phosphoric acid groups is 1. The van der Waals surface area contributed by atoms with Gasteiger partial charge in [-0.05, 0) is 62.7 Å². The van der Waals surface area contributed by atoms with E-state index in [1.54, 1.807) is 37.9 Å². The van der Waals surface area contributed by atoms with Crippen LogP contribution in [-0.4, -0.2) is 65.4 Å². The van der Waals surface area contributed by atoms with Crippen molar-refractivity contribution in [3.63, 3.8) is 0 Å². The first kappa shape index (κ1) is 37.8. The van der Waals surface area contributed by atoms with E-state index < -0.39 is 29.5 Å². The van der Waals surface area contributed by atoms with Gasteiger partial charge in [0.25, 0.3) is 5.91 Å². The average Bonchev–Trinajstić information content (AvgIpc) is 3.29. The third kappa shape index (κ3) is 10.0. The number of rotatable bonds is 15. The van der Waals surface area contributed by atoms with E-state index in [-0.39, 0.29) is 31.8 Å². The number of para-hydroxylation sites is 1. The van der Waals surface area contributed by atoms with E-state index in [0.29, 0.717) is 17.9 Å². The minimum absolute atomic E-state index is 0.176. The van der Waals surface area contributed by atoms with E-state index in [0.717, 1.165) is 39.9 Å². The van der Waals surface area contributed by atoms with Crippen LogP contribution in [0.1, 0.15) is 30.7 Å². The lowest BCUT2D eigenvalue weighted by molar-refractivity contribution is -0.125. The van der Waals surface area contributed by atoms with Crippen LogP contribution in [0.4, 0.5) is 11.4 Å². The highest BCUT2D eigenvalue weighted by Crippen LogP contribution is 2.51. The first-order valence-corrected chi connectivity index (χ1v) is 25.3. The molecule has 0 bridgehead atoms. The van der Waals surface area contributed by atoms with Crippen LogP contribution >= 0.6 is 7.82 Å². The summed E-state index contributed by atoms with van der Waals surface area (Å²) in [4.78, 5) is 29.7. The van der Waals surface area contributed by atoms with Crippen LogP contribution in [0.2, 0.25) is 51.4 Å². The Hall–Kier alpha value is -3.00. The number of phosphoric ester groups is 1. The van der Waals surface area contributed by atoms with Gasteiger partial charge in [-0.25, -0.2) is 4.57 Å². The Morgan fingerprint density at radius 1 is 1.00 bits per heavy atom. The van der Waals surface area contributed by atoms with Crippen molar-refractivity contribution in [2.45, 2.75) is 84.2 Å². The van der Waals surface area contributed by atoms with Gasteiger partial charge >= 0.3 is 7.82 Å². The Labute approximate surface area is 287 Å². The lowest BCUT2D eigenvalue weighted by Crippen LogP contribution is -2.54. The van der Waals surface area contributed by atoms with Gasteiger partial charge in [0, 0.05) is 40.2 Å². The molecule has 2 aromatic carbocycles. The van der Waals surface area contributed by atoms with Crippen LogP contribution in [0.15, 0.2) is 53.0 Å². The Bertz CT molecular complexity index is 1680. The zero-order valence-corrected chi connectivity index (χ0v) is 33.0. The smallest absolute Gasteiger partial charge is 0.459 e. The number of likely N-dealkylation sites (N-methyl/N-ethyl adjacent to an activating group) is 1. The van der Waals surface area contributed by atoms with Crippen molar-refractivity contribution >= 4 is 64.2 Å². The van der Waals surface area contributed by atoms with Gasteiger partial charge in [-0.15, -0.1) is 0 Å². The second kappa shape index (κ2) is 14.9. The molecule has 2 heterocycles. The minimum atomic E-state index is -3.95. The van der Waals surface area contributed by atoms with E-state index in [1.165, 1.54) is 11.0 Å². The summed E-state index contributed by atoms with van der Waals surface area (Å²) in [6, 6.07) is 14.9. The standard InChI is InChI=1S/C35H52N3O7PSi2/c1-26-28-13-11-12-14-31(28)45-32(26)24-37(4)33(39)18-16-27-15-17-30-29(23-27)36-35(2,3)34(40)38(30)25-44-46(41,42-19-21-47(5,6)7)43-20-22-48(8,9)10/h11-18,23,36H,19-22,24-25H2,1-10H3/b18-16+. The van der Waals surface area contributed by atoms with Crippen molar-refractivity contribution < 1.29 is 32.1 Å². The van der Waals surface area contributed by atoms with Gasteiger partial charge < -0.3 is 14.6 Å². The third-order valence-electron chi connectivity index (χ3n) is 8.20. The van der Waals surface area contributed by atoms with Crippen LogP contribution < -0.4 is 10.2 Å². The molecule has 1 aromatic heterocycles. The first-order chi connectivity index (χ1) is 22.3. The van der Waals surface area contributed by atoms with Crippen LogP contribution in [0.3, 0.4) is 0 Å². The summed E-state index contributed by atoms with van der Waals surface area (Å²) in [5.41, 5.74) is 2.86. The lowest BCUT2D eigenvalue weighted by atomic mass is 9.97. The summed E-state index contributed by atoms with van der Waals surface area (Å²) in [5, 5.41) is 4.35. The molecule has 0 fully saturated rings. The summed E-state index contributed by atoms with van der Waals surface area (Å²) >= 11 is 0. The highest BCUT2D eigenvalue weighted by molar-refractivity contribution is 7.48. The van der Waals surface area contributed by atoms with Gasteiger partial charge in [0.1, 0.15) is 23.6 Å². The van der Waals surface area contributed by atoms with Crippen LogP contribution in [0.25, 0.3) is 17.0 Å². The van der Waals surface area contributed by atoms with Gasteiger partial charge in [0.2, 0.25) is 5.91 Å². The van der Waals surface area contributed by atoms with Crippen LogP contribution in [-0.2, 0) is 34.3 Å². The number of benzene rings is 2. The maximum Gasteiger partial charge on any atom is 0.476 e. The molecule has 4 rings (SSSR count). The molecule has 13 heteroatoms. The fourth-order valence-electron chi connectivity index (χ4n) is 5.09. The molecule has 2 amide bonds. The van der Waals surface area contributed by atoms with Gasteiger partial charge in [-0.1, -0.05) is 63.5 Å². The van der Waals surface area contributed by atoms with E-state index in [9.17, 15) is 14.2 Å². The number of hydrogen-bond donors (Lipinski definition) is 1. The summed E-state index contributed by atoms with van der Waals surface area (Å²) in [6.45, 7) is 19.4. The minimum Gasteiger partial charge on any atom is -0.459 e. The largest absolute Gasteiger partial charge is 0.476 e. The Morgan fingerprint density at radius 2 is 1.62 bits per heavy atom. The molecule has 0 saturated heterocycles. The van der Waals surface area contributed by atoms with E-state index >= 15 is 0 Å². The zero-order valence-electron chi connectivity index (χ0n) is 30.1. The fraction of sp³-hybridized carbons (Fsp3) is 0.486. The molecule has 0 atom stereocenters. The molecule has 262 valence electrons. The summed E-state index contributed by atoms with van der Waals surface area (Å²) < 4.78 is 37.3. The molecule has 0 spiro atoms. The molecule has 0 radical (unpaired) electrons. The van der Waals surface area contributed by atoms with Gasteiger partial charge in [-0.2, -0.15) is 0 Å². The monoisotopic (exact) mass is 713 g/mol. The number of carbonyl (C=O) groups is 2. The molecule has 1 aliphatic heterocycles. The number of anilines is 2. The van der Waals surface area contributed by atoms with Gasteiger partial charge in [-0.3, -0.25) is 28.1 Å². The number of amides is 2. The topological polar surface area (TPSA) is 111 Å². The van der Waals surface area contributed by atoms with Crippen molar-refractivity contribution in [3.05, 3.63) is 65.4 Å². The highest BCUT2D eigenvalue weighted by Gasteiger charge is 2.40. The maximum absolute atomic E-state index is 13.8. The van der Waals surface area contributed by atoms with E-state index in [1.807, 2.05) is 43.3 Å². The summed E-state index contributed by atoms with van der Waals surface area (Å²) in [5.74, 6) is 0.330.